The molecule has 0 radical (unpaired) electrons. The summed E-state index contributed by atoms with van der Waals surface area (Å²) < 4.78 is 21.0. The average molecular weight is 445 g/mol. The highest BCUT2D eigenvalue weighted by atomic mass is 16.6. The van der Waals surface area contributed by atoms with Gasteiger partial charge >= 0.3 is 18.0 Å². The van der Waals surface area contributed by atoms with Crippen LogP contribution >= 0.6 is 0 Å². The van der Waals surface area contributed by atoms with Crippen LogP contribution in [0.2, 0.25) is 0 Å². The summed E-state index contributed by atoms with van der Waals surface area (Å²) in [6.45, 7) is 3.38. The molecule has 1 amide bonds. The van der Waals surface area contributed by atoms with Crippen molar-refractivity contribution in [3.8, 4) is 11.5 Å². The standard InChI is InChI=1S/C23H27NO8/c1-4-30-19-11-10-17(13-20(19)29-3)12-18(21(22(26)27)32-15(2)25)24-23(28)31-14-16-8-6-5-7-9-16/h5-11,13,18,21H,4,12,14H2,1-3H3,(H,24,28)(H,26,27). The third-order valence-corrected chi connectivity index (χ3v) is 4.40. The van der Waals surface area contributed by atoms with E-state index in [0.29, 0.717) is 23.7 Å². The molecule has 0 fully saturated rings. The fourth-order valence-corrected chi connectivity index (χ4v) is 3.00. The topological polar surface area (TPSA) is 120 Å². The quantitative estimate of drug-likeness (QED) is 0.507. The number of amides is 1. The number of esters is 1. The van der Waals surface area contributed by atoms with Crippen LogP contribution in [0.15, 0.2) is 48.5 Å². The molecule has 0 aliphatic carbocycles. The van der Waals surface area contributed by atoms with Crippen LogP contribution in [-0.2, 0) is 32.1 Å². The van der Waals surface area contributed by atoms with E-state index in [4.69, 9.17) is 18.9 Å². The Labute approximate surface area is 186 Å². The molecule has 172 valence electrons. The lowest BCUT2D eigenvalue weighted by Gasteiger charge is -2.25. The number of ether oxygens (including phenoxy) is 4. The van der Waals surface area contributed by atoms with Gasteiger partial charge in [-0.15, -0.1) is 0 Å². The van der Waals surface area contributed by atoms with Crippen molar-refractivity contribution in [3.63, 3.8) is 0 Å². The number of carboxylic acids is 1. The van der Waals surface area contributed by atoms with Gasteiger partial charge in [0.2, 0.25) is 6.10 Å². The van der Waals surface area contributed by atoms with Crippen molar-refractivity contribution < 1.29 is 38.4 Å². The van der Waals surface area contributed by atoms with E-state index >= 15 is 0 Å². The summed E-state index contributed by atoms with van der Waals surface area (Å²) in [4.78, 5) is 35.6. The molecule has 0 aliphatic heterocycles. The van der Waals surface area contributed by atoms with Gasteiger partial charge < -0.3 is 29.4 Å². The van der Waals surface area contributed by atoms with Gasteiger partial charge in [-0.05, 0) is 36.6 Å². The first kappa shape index (κ1) is 24.5. The lowest BCUT2D eigenvalue weighted by Crippen LogP contribution is -2.50. The Bertz CT molecular complexity index is 915. The van der Waals surface area contributed by atoms with Gasteiger partial charge in [0.05, 0.1) is 19.8 Å². The third kappa shape index (κ3) is 7.50. The smallest absolute Gasteiger partial charge is 0.407 e. The second kappa shape index (κ2) is 12.2. The summed E-state index contributed by atoms with van der Waals surface area (Å²) in [6, 6.07) is 13.0. The van der Waals surface area contributed by atoms with Crippen molar-refractivity contribution in [2.24, 2.45) is 0 Å². The molecule has 0 heterocycles. The molecular formula is C23H27NO8. The number of hydrogen-bond donors (Lipinski definition) is 2. The zero-order valence-corrected chi connectivity index (χ0v) is 18.2. The molecule has 9 heteroatoms. The Morgan fingerprint density at radius 1 is 1.03 bits per heavy atom. The molecular weight excluding hydrogens is 418 g/mol. The lowest BCUT2D eigenvalue weighted by molar-refractivity contribution is -0.164. The van der Waals surface area contributed by atoms with E-state index in [0.717, 1.165) is 12.5 Å². The van der Waals surface area contributed by atoms with E-state index in [1.807, 2.05) is 13.0 Å². The molecule has 2 unspecified atom stereocenters. The molecule has 0 saturated carbocycles. The third-order valence-electron chi connectivity index (χ3n) is 4.40. The molecule has 0 aromatic heterocycles. The van der Waals surface area contributed by atoms with E-state index in [9.17, 15) is 19.5 Å². The first-order valence-electron chi connectivity index (χ1n) is 10.0. The predicted molar refractivity (Wildman–Crippen MR) is 115 cm³/mol. The SMILES string of the molecule is CCOc1ccc(CC(NC(=O)OCc2ccccc2)C(OC(C)=O)C(=O)O)cc1OC. The number of methoxy groups -OCH3 is 1. The van der Waals surface area contributed by atoms with Crippen molar-refractivity contribution in [3.05, 3.63) is 59.7 Å². The van der Waals surface area contributed by atoms with Gasteiger partial charge in [-0.25, -0.2) is 9.59 Å². The molecule has 2 aromatic carbocycles. The van der Waals surface area contributed by atoms with E-state index in [2.05, 4.69) is 5.32 Å². The molecule has 0 bridgehead atoms. The Morgan fingerprint density at radius 2 is 1.75 bits per heavy atom. The van der Waals surface area contributed by atoms with Crippen LogP contribution in [0.5, 0.6) is 11.5 Å². The van der Waals surface area contributed by atoms with Crippen LogP contribution in [-0.4, -0.2) is 49.0 Å². The summed E-state index contributed by atoms with van der Waals surface area (Å²) in [5.41, 5.74) is 1.40. The van der Waals surface area contributed by atoms with Crippen LogP contribution < -0.4 is 14.8 Å². The van der Waals surface area contributed by atoms with Gasteiger partial charge in [0, 0.05) is 6.92 Å². The second-order valence-corrected chi connectivity index (χ2v) is 6.80. The largest absolute Gasteiger partial charge is 0.493 e. The summed E-state index contributed by atoms with van der Waals surface area (Å²) in [7, 11) is 1.48. The predicted octanol–water partition coefficient (Wildman–Crippen LogP) is 2.95. The van der Waals surface area contributed by atoms with E-state index in [-0.39, 0.29) is 13.0 Å². The first-order chi connectivity index (χ1) is 15.3. The number of hydrogen-bond acceptors (Lipinski definition) is 7. The summed E-state index contributed by atoms with van der Waals surface area (Å²) in [5.74, 6) is -1.20. The van der Waals surface area contributed by atoms with Crippen LogP contribution in [0.1, 0.15) is 25.0 Å². The zero-order valence-electron chi connectivity index (χ0n) is 18.2. The number of aliphatic carboxylic acids is 1. The highest BCUT2D eigenvalue weighted by Gasteiger charge is 2.33. The fraction of sp³-hybridized carbons (Fsp3) is 0.348. The number of carboxylic acid groups (broad SMARTS) is 1. The van der Waals surface area contributed by atoms with E-state index in [1.54, 1.807) is 42.5 Å². The van der Waals surface area contributed by atoms with Gasteiger partial charge in [-0.1, -0.05) is 36.4 Å². The maximum Gasteiger partial charge on any atom is 0.407 e. The number of carbonyl (C=O) groups is 3. The molecule has 2 N–H and O–H groups in total. The molecule has 0 saturated heterocycles. The van der Waals surface area contributed by atoms with Crippen LogP contribution in [0.4, 0.5) is 4.79 Å². The molecule has 32 heavy (non-hydrogen) atoms. The summed E-state index contributed by atoms with van der Waals surface area (Å²) in [6.07, 6.45) is -2.42. The van der Waals surface area contributed by atoms with Crippen molar-refractivity contribution in [2.75, 3.05) is 13.7 Å². The maximum absolute atomic E-state index is 12.4. The second-order valence-electron chi connectivity index (χ2n) is 6.80. The van der Waals surface area contributed by atoms with Gasteiger partial charge in [0.25, 0.3) is 0 Å². The Balaban J connectivity index is 2.20. The number of nitrogens with one attached hydrogen (secondary N) is 1. The van der Waals surface area contributed by atoms with Crippen molar-refractivity contribution in [1.82, 2.24) is 5.32 Å². The fourth-order valence-electron chi connectivity index (χ4n) is 3.00. The molecule has 9 nitrogen and oxygen atoms in total. The number of rotatable bonds is 11. The molecule has 2 rings (SSSR count). The minimum atomic E-state index is -1.62. The molecule has 0 aliphatic rings. The number of alkyl carbamates (subject to hydrolysis) is 1. The van der Waals surface area contributed by atoms with Crippen LogP contribution in [0.25, 0.3) is 0 Å². The normalized spacial score (nSPS) is 12.2. The minimum absolute atomic E-state index is 0.00156. The summed E-state index contributed by atoms with van der Waals surface area (Å²) in [5, 5.41) is 12.1. The van der Waals surface area contributed by atoms with Gasteiger partial charge in [-0.3, -0.25) is 4.79 Å². The van der Waals surface area contributed by atoms with Gasteiger partial charge in [0.1, 0.15) is 6.61 Å². The van der Waals surface area contributed by atoms with Crippen LogP contribution in [0, 0.1) is 0 Å². The monoisotopic (exact) mass is 445 g/mol. The van der Waals surface area contributed by atoms with E-state index in [1.165, 1.54) is 7.11 Å². The van der Waals surface area contributed by atoms with Crippen molar-refractivity contribution >= 4 is 18.0 Å². The minimum Gasteiger partial charge on any atom is -0.493 e. The maximum atomic E-state index is 12.4. The molecule has 0 spiro atoms. The first-order valence-corrected chi connectivity index (χ1v) is 10.0. The highest BCUT2D eigenvalue weighted by molar-refractivity contribution is 5.79. The Kier molecular flexibility index (Phi) is 9.34. The number of carbonyl (C=O) groups excluding carboxylic acids is 2. The van der Waals surface area contributed by atoms with E-state index < -0.39 is 30.2 Å². The van der Waals surface area contributed by atoms with Crippen molar-refractivity contribution in [2.45, 2.75) is 39.0 Å². The highest BCUT2D eigenvalue weighted by Crippen LogP contribution is 2.29. The van der Waals surface area contributed by atoms with Gasteiger partial charge in [-0.2, -0.15) is 0 Å². The number of benzene rings is 2. The lowest BCUT2D eigenvalue weighted by atomic mass is 10.0. The average Bonchev–Trinajstić information content (AvgIpc) is 2.77. The molecule has 2 aromatic rings. The van der Waals surface area contributed by atoms with Crippen molar-refractivity contribution in [1.29, 1.82) is 0 Å². The van der Waals surface area contributed by atoms with Crippen LogP contribution in [0.3, 0.4) is 0 Å². The Morgan fingerprint density at radius 3 is 2.34 bits per heavy atom. The van der Waals surface area contributed by atoms with Gasteiger partial charge in [0.15, 0.2) is 11.5 Å². The molecule has 2 atom stereocenters. The summed E-state index contributed by atoms with van der Waals surface area (Å²) >= 11 is 0. The zero-order chi connectivity index (χ0) is 23.5. The Hall–Kier alpha value is -3.75.